The number of aromatic nitrogens is 5. The van der Waals surface area contributed by atoms with Gasteiger partial charge in [0.2, 0.25) is 5.82 Å². The van der Waals surface area contributed by atoms with E-state index in [1.807, 2.05) is 16.9 Å². The van der Waals surface area contributed by atoms with Crippen molar-refractivity contribution in [3.05, 3.63) is 47.9 Å². The van der Waals surface area contributed by atoms with Crippen molar-refractivity contribution in [3.63, 3.8) is 0 Å². The molecule has 2 aromatic heterocycles. The number of nitrogens with zero attached hydrogens (tertiary/aromatic N) is 5. The number of aliphatic hydroxyl groups is 1. The van der Waals surface area contributed by atoms with Crippen molar-refractivity contribution < 1.29 is 10.0 Å². The number of hydrogen-bond acceptors (Lipinski definition) is 5. The van der Waals surface area contributed by atoms with Gasteiger partial charge in [-0.05, 0) is 49.4 Å². The fourth-order valence-electron chi connectivity index (χ4n) is 3.95. The Morgan fingerprint density at radius 2 is 1.96 bits per heavy atom. The third-order valence-corrected chi connectivity index (χ3v) is 5.35. The zero-order chi connectivity index (χ0) is 19.0. The molecule has 3 heterocycles. The first-order valence-corrected chi connectivity index (χ1v) is 9.59. The Kier molecular flexibility index (Phi) is 4.65. The molecule has 142 valence electrons. The molecule has 3 aromatic rings. The molecular weight excluding hydrogens is 340 g/mol. The molecule has 1 aliphatic heterocycles. The number of aliphatic hydroxyl groups excluding tert-OH is 1. The van der Waals surface area contributed by atoms with Crippen molar-refractivity contribution >= 4 is 10.9 Å². The Labute approximate surface area is 159 Å². The summed E-state index contributed by atoms with van der Waals surface area (Å²) in [6.45, 7) is 8.14. The predicted octanol–water partition coefficient (Wildman–Crippen LogP) is 1.11. The van der Waals surface area contributed by atoms with E-state index in [4.69, 9.17) is 0 Å². The average Bonchev–Trinajstić information content (AvgIpc) is 3.13. The summed E-state index contributed by atoms with van der Waals surface area (Å²) >= 11 is 0. The maximum atomic E-state index is 9.97. The molecule has 2 N–H and O–H groups in total. The van der Waals surface area contributed by atoms with Crippen LogP contribution in [0.4, 0.5) is 0 Å². The van der Waals surface area contributed by atoms with Gasteiger partial charge < -0.3 is 10.0 Å². The van der Waals surface area contributed by atoms with Gasteiger partial charge in [-0.3, -0.25) is 4.98 Å². The maximum absolute atomic E-state index is 9.97. The van der Waals surface area contributed by atoms with Crippen LogP contribution in [0.25, 0.3) is 10.9 Å². The van der Waals surface area contributed by atoms with E-state index in [0.717, 1.165) is 42.7 Å². The van der Waals surface area contributed by atoms with Gasteiger partial charge in [0.25, 0.3) is 0 Å². The second-order valence-electron chi connectivity index (χ2n) is 8.40. The van der Waals surface area contributed by atoms with Crippen molar-refractivity contribution in [2.45, 2.75) is 51.3 Å². The van der Waals surface area contributed by atoms with Crippen LogP contribution in [-0.2, 0) is 5.54 Å². The number of nitrogens with one attached hydrogen (secondary N) is 1. The molecule has 0 saturated carbocycles. The molecule has 27 heavy (non-hydrogen) atoms. The highest BCUT2D eigenvalue weighted by molar-refractivity contribution is 5.79. The van der Waals surface area contributed by atoms with Crippen molar-refractivity contribution in [1.82, 2.24) is 25.2 Å². The van der Waals surface area contributed by atoms with Crippen LogP contribution < -0.4 is 4.90 Å². The summed E-state index contributed by atoms with van der Waals surface area (Å²) in [4.78, 5) is 5.83. The molecule has 4 rings (SSSR count). The van der Waals surface area contributed by atoms with Crippen LogP contribution in [0.1, 0.15) is 51.0 Å². The molecule has 0 bridgehead atoms. The number of likely N-dealkylation sites (tertiary alicyclic amines) is 1. The van der Waals surface area contributed by atoms with E-state index < -0.39 is 0 Å². The molecule has 1 fully saturated rings. The summed E-state index contributed by atoms with van der Waals surface area (Å²) in [5.74, 6) is 0.872. The van der Waals surface area contributed by atoms with Crippen LogP contribution in [0.3, 0.4) is 0 Å². The lowest BCUT2D eigenvalue weighted by Crippen LogP contribution is -3.13. The third kappa shape index (κ3) is 3.57. The molecule has 7 heteroatoms. The van der Waals surface area contributed by atoms with Gasteiger partial charge in [0.1, 0.15) is 0 Å². The molecular formula is C20H27N6O+. The molecule has 1 aliphatic rings. The van der Waals surface area contributed by atoms with Gasteiger partial charge in [0, 0.05) is 30.0 Å². The van der Waals surface area contributed by atoms with E-state index >= 15 is 0 Å². The Bertz CT molecular complexity index is 923. The second kappa shape index (κ2) is 6.98. The van der Waals surface area contributed by atoms with Crippen LogP contribution in [0, 0.1) is 0 Å². The number of quaternary nitrogens is 1. The van der Waals surface area contributed by atoms with Crippen LogP contribution in [-0.4, -0.2) is 49.5 Å². The van der Waals surface area contributed by atoms with E-state index in [1.54, 1.807) is 0 Å². The molecule has 1 aromatic carbocycles. The molecule has 1 saturated heterocycles. The molecule has 0 spiro atoms. The Morgan fingerprint density at radius 1 is 1.19 bits per heavy atom. The van der Waals surface area contributed by atoms with E-state index in [0.29, 0.717) is 0 Å². The number of tetrazole rings is 1. The SMILES string of the molecule is CC(C)(C)n1nnnc1[C@@H](c1ccc2ncccc2c1)[NH+]1CCC(O)CC1. The standard InChI is InChI=1S/C20H26N6O/c1-20(2,3)26-19(22-23-24-26)18(25-11-8-16(27)9-12-25)15-6-7-17-14(13-15)5-4-10-21-17/h4-7,10,13,16,18,27H,8-9,11-12H2,1-3H3/p+1/t18-/m1/s1. The van der Waals surface area contributed by atoms with Crippen LogP contribution >= 0.6 is 0 Å². The van der Waals surface area contributed by atoms with Gasteiger partial charge in [-0.15, -0.1) is 5.10 Å². The van der Waals surface area contributed by atoms with Crippen molar-refractivity contribution in [3.8, 4) is 0 Å². The minimum atomic E-state index is -0.204. The Morgan fingerprint density at radius 3 is 2.70 bits per heavy atom. The lowest BCUT2D eigenvalue weighted by atomic mass is 9.97. The van der Waals surface area contributed by atoms with Crippen LogP contribution in [0.15, 0.2) is 36.5 Å². The lowest BCUT2D eigenvalue weighted by Gasteiger charge is -2.34. The topological polar surface area (TPSA) is 81.2 Å². The van der Waals surface area contributed by atoms with E-state index in [1.165, 1.54) is 10.5 Å². The average molecular weight is 367 g/mol. The van der Waals surface area contributed by atoms with Gasteiger partial charge >= 0.3 is 0 Å². The lowest BCUT2D eigenvalue weighted by molar-refractivity contribution is -0.932. The van der Waals surface area contributed by atoms with Gasteiger partial charge in [-0.1, -0.05) is 12.1 Å². The maximum Gasteiger partial charge on any atom is 0.214 e. The van der Waals surface area contributed by atoms with E-state index in [-0.39, 0.29) is 17.7 Å². The van der Waals surface area contributed by atoms with E-state index in [2.05, 4.69) is 65.5 Å². The first kappa shape index (κ1) is 18.0. The fraction of sp³-hybridized carbons (Fsp3) is 0.500. The Hall–Kier alpha value is -2.38. The normalized spacial score (nSPS) is 22.1. The first-order valence-electron chi connectivity index (χ1n) is 9.59. The smallest absolute Gasteiger partial charge is 0.214 e. The molecule has 0 radical (unpaired) electrons. The number of rotatable bonds is 3. The summed E-state index contributed by atoms with van der Waals surface area (Å²) in [7, 11) is 0. The van der Waals surface area contributed by atoms with E-state index in [9.17, 15) is 5.11 Å². The van der Waals surface area contributed by atoms with Gasteiger partial charge in [0.15, 0.2) is 6.04 Å². The molecule has 7 nitrogen and oxygen atoms in total. The highest BCUT2D eigenvalue weighted by Crippen LogP contribution is 2.25. The molecule has 1 atom stereocenters. The van der Waals surface area contributed by atoms with Crippen LogP contribution in [0.5, 0.6) is 0 Å². The predicted molar refractivity (Wildman–Crippen MR) is 102 cm³/mol. The van der Waals surface area contributed by atoms with Crippen molar-refractivity contribution in [1.29, 1.82) is 0 Å². The van der Waals surface area contributed by atoms with Gasteiger partial charge in [0.05, 0.1) is 30.2 Å². The summed E-state index contributed by atoms with van der Waals surface area (Å²) in [6.07, 6.45) is 3.22. The summed E-state index contributed by atoms with van der Waals surface area (Å²) in [5, 5.41) is 23.8. The van der Waals surface area contributed by atoms with Crippen molar-refractivity contribution in [2.75, 3.05) is 13.1 Å². The molecule has 0 aliphatic carbocycles. The largest absolute Gasteiger partial charge is 0.393 e. The van der Waals surface area contributed by atoms with Crippen LogP contribution in [0.2, 0.25) is 0 Å². The molecule has 0 unspecified atom stereocenters. The third-order valence-electron chi connectivity index (χ3n) is 5.35. The minimum absolute atomic E-state index is 0.0244. The zero-order valence-corrected chi connectivity index (χ0v) is 16.1. The summed E-state index contributed by atoms with van der Waals surface area (Å²) in [5.41, 5.74) is 1.96. The minimum Gasteiger partial charge on any atom is -0.393 e. The van der Waals surface area contributed by atoms with Gasteiger partial charge in [-0.25, -0.2) is 4.68 Å². The quantitative estimate of drug-likeness (QED) is 0.725. The van der Waals surface area contributed by atoms with Gasteiger partial charge in [-0.2, -0.15) is 0 Å². The zero-order valence-electron chi connectivity index (χ0n) is 16.1. The molecule has 0 amide bonds. The summed E-state index contributed by atoms with van der Waals surface area (Å²) < 4.78 is 1.93. The number of piperidine rings is 1. The number of hydrogen-bond donors (Lipinski definition) is 2. The highest BCUT2D eigenvalue weighted by Gasteiger charge is 2.36. The number of pyridine rings is 1. The monoisotopic (exact) mass is 367 g/mol. The second-order valence-corrected chi connectivity index (χ2v) is 8.40. The first-order chi connectivity index (χ1) is 12.9. The van der Waals surface area contributed by atoms with Crippen molar-refractivity contribution in [2.24, 2.45) is 0 Å². The number of benzene rings is 1. The summed E-state index contributed by atoms with van der Waals surface area (Å²) in [6, 6.07) is 10.5. The Balaban J connectivity index is 1.82. The number of fused-ring (bicyclic) bond motifs is 1. The highest BCUT2D eigenvalue weighted by atomic mass is 16.3. The fourth-order valence-corrected chi connectivity index (χ4v) is 3.95.